The van der Waals surface area contributed by atoms with Crippen molar-refractivity contribution in [3.05, 3.63) is 97.2 Å². The van der Waals surface area contributed by atoms with E-state index in [2.05, 4.69) is 125 Å². The van der Waals surface area contributed by atoms with Gasteiger partial charge < -0.3 is 33.8 Å². The van der Waals surface area contributed by atoms with Crippen LogP contribution in [0.2, 0.25) is 0 Å². The number of phosphoric ester groups is 2. The second kappa shape index (κ2) is 69.5. The van der Waals surface area contributed by atoms with Crippen molar-refractivity contribution in [2.24, 2.45) is 0 Å². The average molecular weight is 1390 g/mol. The minimum atomic E-state index is -4.98. The predicted molar refractivity (Wildman–Crippen MR) is 390 cm³/mol. The molecule has 0 radical (unpaired) electrons. The summed E-state index contributed by atoms with van der Waals surface area (Å²) in [7, 11) is -9.95. The Morgan fingerprint density at radius 2 is 0.573 bits per heavy atom. The molecule has 0 saturated heterocycles. The van der Waals surface area contributed by atoms with Crippen LogP contribution in [-0.2, 0) is 65.4 Å². The zero-order chi connectivity index (χ0) is 70.4. The SMILES string of the molecule is CC/C=C\C/C=C\C/C=C\CCCCCCCCCC(=O)OCC(COP(=O)(O)OCC(O)COP(=O)(O)OCC(COC(=O)CCCCCCC/C=C\C/C=C\CCCCC)OC(=O)CCCCCCC/C=C\C/C=C\CCC)OC(=O)CCCCCCC/C=C\CCCC. The maximum Gasteiger partial charge on any atom is 0.472 e. The van der Waals surface area contributed by atoms with Crippen LogP contribution in [0, 0.1) is 0 Å². The monoisotopic (exact) mass is 1390 g/mol. The number of carbonyl (C=O) groups is 4. The third kappa shape index (κ3) is 68.5. The van der Waals surface area contributed by atoms with Crippen LogP contribution in [0.5, 0.6) is 0 Å². The second-order valence-electron chi connectivity index (χ2n) is 24.8. The van der Waals surface area contributed by atoms with Crippen molar-refractivity contribution in [2.45, 2.75) is 329 Å². The van der Waals surface area contributed by atoms with Crippen molar-refractivity contribution in [1.82, 2.24) is 0 Å². The van der Waals surface area contributed by atoms with Crippen LogP contribution in [0.4, 0.5) is 0 Å². The normalized spacial score (nSPS) is 14.5. The van der Waals surface area contributed by atoms with Crippen LogP contribution in [0.15, 0.2) is 97.2 Å². The van der Waals surface area contributed by atoms with Crippen molar-refractivity contribution in [2.75, 3.05) is 39.6 Å². The number of allylic oxidation sites excluding steroid dienone is 16. The lowest BCUT2D eigenvalue weighted by Gasteiger charge is -2.21. The van der Waals surface area contributed by atoms with E-state index in [9.17, 15) is 43.2 Å². The van der Waals surface area contributed by atoms with Gasteiger partial charge in [-0.15, -0.1) is 0 Å². The number of aliphatic hydroxyl groups is 1. The minimum Gasteiger partial charge on any atom is -0.462 e. The molecule has 0 bridgehead atoms. The predicted octanol–water partition coefficient (Wildman–Crippen LogP) is 21.2. The summed E-state index contributed by atoms with van der Waals surface area (Å²) in [5.74, 6) is -2.22. The van der Waals surface area contributed by atoms with E-state index in [4.69, 9.17) is 37.0 Å². The summed E-state index contributed by atoms with van der Waals surface area (Å²) in [4.78, 5) is 72.7. The summed E-state index contributed by atoms with van der Waals surface area (Å²) >= 11 is 0. The fourth-order valence-corrected chi connectivity index (χ4v) is 11.3. The van der Waals surface area contributed by atoms with E-state index in [0.29, 0.717) is 25.7 Å². The molecule has 0 heterocycles. The topological polar surface area (TPSA) is 237 Å². The van der Waals surface area contributed by atoms with Crippen LogP contribution in [-0.4, -0.2) is 96.7 Å². The zero-order valence-corrected chi connectivity index (χ0v) is 62.1. The van der Waals surface area contributed by atoms with Gasteiger partial charge in [-0.05, 0) is 135 Å². The molecule has 0 amide bonds. The molecule has 96 heavy (non-hydrogen) atoms. The van der Waals surface area contributed by atoms with Gasteiger partial charge in [0.05, 0.1) is 26.4 Å². The fraction of sp³-hybridized carbons (Fsp3) is 0.740. The van der Waals surface area contributed by atoms with Crippen LogP contribution in [0.25, 0.3) is 0 Å². The number of aliphatic hydroxyl groups excluding tert-OH is 1. The Bertz CT molecular complexity index is 2200. The Balaban J connectivity index is 5.32. The highest BCUT2D eigenvalue weighted by Gasteiger charge is 2.30. The summed E-state index contributed by atoms with van der Waals surface area (Å²) in [6.45, 7) is 4.59. The molecule has 0 aliphatic heterocycles. The molecule has 0 saturated carbocycles. The molecular formula is C77H134O17P2. The molecule has 0 aliphatic carbocycles. The van der Waals surface area contributed by atoms with Gasteiger partial charge >= 0.3 is 39.5 Å². The number of unbranched alkanes of at least 4 members (excludes halogenated alkanes) is 28. The molecule has 554 valence electrons. The summed E-state index contributed by atoms with van der Waals surface area (Å²) in [5, 5.41) is 10.6. The summed E-state index contributed by atoms with van der Waals surface area (Å²) in [6.07, 6.45) is 71.2. The molecule has 17 nitrogen and oxygen atoms in total. The van der Waals surface area contributed by atoms with Crippen molar-refractivity contribution in [1.29, 1.82) is 0 Å². The lowest BCUT2D eigenvalue weighted by atomic mass is 10.1. The number of rotatable bonds is 70. The van der Waals surface area contributed by atoms with E-state index in [1.165, 1.54) is 32.1 Å². The van der Waals surface area contributed by atoms with Crippen molar-refractivity contribution >= 4 is 39.5 Å². The van der Waals surface area contributed by atoms with Gasteiger partial charge in [0.1, 0.15) is 19.3 Å². The minimum absolute atomic E-state index is 0.0757. The van der Waals surface area contributed by atoms with E-state index in [0.717, 1.165) is 199 Å². The number of hydrogen-bond acceptors (Lipinski definition) is 15. The van der Waals surface area contributed by atoms with Gasteiger partial charge in [-0.2, -0.15) is 0 Å². The van der Waals surface area contributed by atoms with Crippen molar-refractivity contribution in [3.63, 3.8) is 0 Å². The lowest BCUT2D eigenvalue weighted by molar-refractivity contribution is -0.161. The number of esters is 4. The molecular weight excluding hydrogens is 1260 g/mol. The number of ether oxygens (including phenoxy) is 4. The smallest absolute Gasteiger partial charge is 0.462 e. The van der Waals surface area contributed by atoms with E-state index < -0.39 is 97.5 Å². The first-order valence-electron chi connectivity index (χ1n) is 37.5. The van der Waals surface area contributed by atoms with Gasteiger partial charge in [0.15, 0.2) is 12.2 Å². The van der Waals surface area contributed by atoms with E-state index in [-0.39, 0.29) is 25.7 Å². The highest BCUT2D eigenvalue weighted by Crippen LogP contribution is 2.45. The first-order chi connectivity index (χ1) is 46.7. The summed E-state index contributed by atoms with van der Waals surface area (Å²) in [6, 6.07) is 0. The molecule has 3 N–H and O–H groups in total. The van der Waals surface area contributed by atoms with Crippen LogP contribution < -0.4 is 0 Å². The number of hydrogen-bond donors (Lipinski definition) is 3. The van der Waals surface area contributed by atoms with Gasteiger partial charge in [-0.25, -0.2) is 9.13 Å². The molecule has 5 unspecified atom stereocenters. The Hall–Kier alpha value is -4.02. The van der Waals surface area contributed by atoms with Gasteiger partial charge in [0.2, 0.25) is 0 Å². The molecule has 0 fully saturated rings. The van der Waals surface area contributed by atoms with Crippen LogP contribution in [0.3, 0.4) is 0 Å². The van der Waals surface area contributed by atoms with Crippen molar-refractivity contribution < 1.29 is 80.2 Å². The third-order valence-electron chi connectivity index (χ3n) is 15.5. The van der Waals surface area contributed by atoms with Gasteiger partial charge in [-0.1, -0.05) is 247 Å². The molecule has 5 atom stereocenters. The Kier molecular flexibility index (Phi) is 66.6. The van der Waals surface area contributed by atoms with E-state index >= 15 is 0 Å². The molecule has 0 aromatic rings. The van der Waals surface area contributed by atoms with Crippen molar-refractivity contribution in [3.8, 4) is 0 Å². The molecule has 0 aromatic carbocycles. The quantitative estimate of drug-likeness (QED) is 0.0169. The third-order valence-corrected chi connectivity index (χ3v) is 17.4. The average Bonchev–Trinajstić information content (AvgIpc) is 1.13. The Labute approximate surface area is 582 Å². The molecule has 0 aliphatic rings. The van der Waals surface area contributed by atoms with E-state index in [1.807, 2.05) is 0 Å². The maximum absolute atomic E-state index is 13.1. The van der Waals surface area contributed by atoms with Crippen LogP contribution >= 0.6 is 15.6 Å². The molecule has 0 spiro atoms. The number of carbonyl (C=O) groups excluding carboxylic acids is 4. The maximum atomic E-state index is 13.1. The van der Waals surface area contributed by atoms with E-state index in [1.54, 1.807) is 0 Å². The zero-order valence-electron chi connectivity index (χ0n) is 60.3. The van der Waals surface area contributed by atoms with Gasteiger partial charge in [-0.3, -0.25) is 37.3 Å². The Morgan fingerprint density at radius 1 is 0.302 bits per heavy atom. The largest absolute Gasteiger partial charge is 0.472 e. The number of phosphoric acid groups is 2. The molecule has 0 aromatic heterocycles. The standard InChI is InChI=1S/C77H134O17P2/c1-5-9-13-17-21-25-29-32-34-35-37-40-43-46-50-54-58-62-75(80)87-67-72(93-76(81)63-59-55-51-47-41-28-24-20-16-12-8-4)69-91-95(83,84)89-65-71(78)66-90-96(85,86)92-70-73(94-77(82)64-60-56-52-48-44-38-31-27-23-19-15-11-7-3)68-88-74(79)61-57-53-49-45-42-39-36-33-30-26-22-18-14-10-6-2/h9,13,15,19-22,24-27,31-34,36,71-73,78H,5-8,10-12,14,16-18,23,28-30,35,37-70H2,1-4H3,(H,83,84)(H,85,86)/b13-9-,19-15-,24-20-,25-21-,26-22-,31-27-,34-32-,36-33-. The summed E-state index contributed by atoms with van der Waals surface area (Å²) in [5.41, 5.74) is 0. The Morgan fingerprint density at radius 3 is 0.917 bits per heavy atom. The van der Waals surface area contributed by atoms with Gasteiger partial charge in [0, 0.05) is 25.7 Å². The summed E-state index contributed by atoms with van der Waals surface area (Å²) < 4.78 is 68.3. The molecule has 0 rings (SSSR count). The fourth-order valence-electron chi connectivity index (χ4n) is 9.75. The van der Waals surface area contributed by atoms with Crippen LogP contribution in [0.1, 0.15) is 310 Å². The first kappa shape index (κ1) is 92.0. The highest BCUT2D eigenvalue weighted by atomic mass is 31.2. The highest BCUT2D eigenvalue weighted by molar-refractivity contribution is 7.47. The lowest BCUT2D eigenvalue weighted by Crippen LogP contribution is -2.30. The molecule has 19 heteroatoms. The van der Waals surface area contributed by atoms with Gasteiger partial charge in [0.25, 0.3) is 0 Å². The first-order valence-corrected chi connectivity index (χ1v) is 40.5. The second-order valence-corrected chi connectivity index (χ2v) is 27.8.